The molecule has 0 spiro atoms. The molecule has 5 rings (SSSR count). The summed E-state index contributed by atoms with van der Waals surface area (Å²) < 4.78 is 9.48. The van der Waals surface area contributed by atoms with Gasteiger partial charge in [-0.15, -0.1) is 5.10 Å². The summed E-state index contributed by atoms with van der Waals surface area (Å²) in [6.07, 6.45) is 3.43. The monoisotopic (exact) mass is 453 g/mol. The van der Waals surface area contributed by atoms with E-state index in [1.165, 1.54) is 11.0 Å². The Balaban J connectivity index is 1.35. The topological polar surface area (TPSA) is 74.0 Å². The van der Waals surface area contributed by atoms with Crippen LogP contribution in [0.25, 0.3) is 5.69 Å². The Morgan fingerprint density at radius 3 is 2.74 bits per heavy atom. The number of rotatable bonds is 4. The summed E-state index contributed by atoms with van der Waals surface area (Å²) in [6.45, 7) is 0.603. The Kier molecular flexibility index (Phi) is 5.13. The summed E-state index contributed by atoms with van der Waals surface area (Å²) in [6, 6.07) is 16.6. The number of halogens is 2. The molecule has 0 fully saturated rings. The first-order valence-electron chi connectivity index (χ1n) is 9.63. The minimum Gasteiger partial charge on any atom is -0.489 e. The predicted octanol–water partition coefficient (Wildman–Crippen LogP) is 4.29. The molecule has 2 aromatic carbocycles. The first-order chi connectivity index (χ1) is 15.1. The molecule has 1 amide bonds. The second-order valence-electron chi connectivity index (χ2n) is 7.07. The highest BCUT2D eigenvalue weighted by molar-refractivity contribution is 6.35. The van der Waals surface area contributed by atoms with Gasteiger partial charge in [0.2, 0.25) is 5.82 Å². The number of fused-ring (bicyclic) bond motifs is 3. The van der Waals surface area contributed by atoms with Crippen LogP contribution < -0.4 is 10.1 Å². The lowest BCUT2D eigenvalue weighted by Crippen LogP contribution is -2.33. The van der Waals surface area contributed by atoms with E-state index in [0.29, 0.717) is 23.2 Å². The van der Waals surface area contributed by atoms with E-state index < -0.39 is 5.91 Å². The first kappa shape index (κ1) is 19.7. The number of carbonyl (C=O) groups is 1. The van der Waals surface area contributed by atoms with Gasteiger partial charge in [0.1, 0.15) is 24.7 Å². The molecule has 7 nitrogen and oxygen atoms in total. The van der Waals surface area contributed by atoms with Crippen LogP contribution >= 0.6 is 23.2 Å². The summed E-state index contributed by atoms with van der Waals surface area (Å²) >= 11 is 12.5. The Labute approximate surface area is 188 Å². The van der Waals surface area contributed by atoms with Crippen molar-refractivity contribution in [3.05, 3.63) is 94.2 Å². The fourth-order valence-electron chi connectivity index (χ4n) is 3.59. The van der Waals surface area contributed by atoms with Crippen molar-refractivity contribution in [3.63, 3.8) is 0 Å². The van der Waals surface area contributed by atoms with Crippen molar-refractivity contribution in [1.82, 2.24) is 24.6 Å². The summed E-state index contributed by atoms with van der Waals surface area (Å²) in [4.78, 5) is 17.0. The van der Waals surface area contributed by atoms with Crippen LogP contribution in [0.15, 0.2) is 67.1 Å². The number of para-hydroxylation sites is 2. The Bertz CT molecular complexity index is 1250. The highest BCUT2D eigenvalue weighted by Gasteiger charge is 2.26. The normalized spacial score (nSPS) is 14.8. The maximum absolute atomic E-state index is 12.9. The molecule has 31 heavy (non-hydrogen) atoms. The SMILES string of the molecule is O=C(NC1COc2ccccc2-n2cccc21)c1ncn(Cc2c(Cl)cccc2Cl)n1. The van der Waals surface area contributed by atoms with Crippen LogP contribution in [0.3, 0.4) is 0 Å². The van der Waals surface area contributed by atoms with E-state index in [-0.39, 0.29) is 11.9 Å². The second kappa shape index (κ2) is 8.09. The van der Waals surface area contributed by atoms with Gasteiger partial charge in [-0.1, -0.05) is 41.4 Å². The van der Waals surface area contributed by atoms with Gasteiger partial charge < -0.3 is 14.6 Å². The fourth-order valence-corrected chi connectivity index (χ4v) is 4.11. The van der Waals surface area contributed by atoms with Crippen molar-refractivity contribution in [1.29, 1.82) is 0 Å². The molecule has 0 radical (unpaired) electrons. The molecule has 1 aliphatic rings. The third-order valence-electron chi connectivity index (χ3n) is 5.09. The second-order valence-corrected chi connectivity index (χ2v) is 7.89. The Hall–Kier alpha value is -3.29. The molecule has 9 heteroatoms. The van der Waals surface area contributed by atoms with E-state index in [4.69, 9.17) is 27.9 Å². The van der Waals surface area contributed by atoms with Crippen molar-refractivity contribution < 1.29 is 9.53 Å². The zero-order chi connectivity index (χ0) is 21.4. The molecule has 1 atom stereocenters. The number of hydrogen-bond acceptors (Lipinski definition) is 4. The number of amides is 1. The largest absolute Gasteiger partial charge is 0.489 e. The van der Waals surface area contributed by atoms with Gasteiger partial charge >= 0.3 is 0 Å². The van der Waals surface area contributed by atoms with Crippen molar-refractivity contribution in [2.75, 3.05) is 6.61 Å². The highest BCUT2D eigenvalue weighted by atomic mass is 35.5. The van der Waals surface area contributed by atoms with Crippen LogP contribution in [0.5, 0.6) is 5.75 Å². The maximum atomic E-state index is 12.9. The van der Waals surface area contributed by atoms with Gasteiger partial charge in [0.05, 0.1) is 12.2 Å². The molecular weight excluding hydrogens is 437 g/mol. The molecule has 0 saturated carbocycles. The Morgan fingerprint density at radius 2 is 1.90 bits per heavy atom. The molecular formula is C22H17Cl2N5O2. The van der Waals surface area contributed by atoms with E-state index >= 15 is 0 Å². The maximum Gasteiger partial charge on any atom is 0.291 e. The third-order valence-corrected chi connectivity index (χ3v) is 5.80. The molecule has 1 unspecified atom stereocenters. The summed E-state index contributed by atoms with van der Waals surface area (Å²) in [5.74, 6) is 0.426. The van der Waals surface area contributed by atoms with Crippen molar-refractivity contribution in [2.24, 2.45) is 0 Å². The number of carbonyl (C=O) groups excluding carboxylic acids is 1. The molecule has 0 bridgehead atoms. The van der Waals surface area contributed by atoms with E-state index in [0.717, 1.165) is 22.7 Å². The first-order valence-corrected chi connectivity index (χ1v) is 10.4. The zero-order valence-corrected chi connectivity index (χ0v) is 17.7. The molecule has 0 saturated heterocycles. The number of ether oxygens (including phenoxy) is 1. The molecule has 4 aromatic rings. The molecule has 1 aliphatic heterocycles. The van der Waals surface area contributed by atoms with Crippen LogP contribution in [0.2, 0.25) is 10.0 Å². The Morgan fingerprint density at radius 1 is 1.10 bits per heavy atom. The minimum atomic E-state index is -0.392. The van der Waals surface area contributed by atoms with Crippen LogP contribution in [0.4, 0.5) is 0 Å². The lowest BCUT2D eigenvalue weighted by molar-refractivity contribution is 0.0910. The number of nitrogens with one attached hydrogen (secondary N) is 1. The van der Waals surface area contributed by atoms with E-state index in [2.05, 4.69) is 15.4 Å². The summed E-state index contributed by atoms with van der Waals surface area (Å²) in [7, 11) is 0. The van der Waals surface area contributed by atoms with Crippen molar-refractivity contribution >= 4 is 29.1 Å². The highest BCUT2D eigenvalue weighted by Crippen LogP contribution is 2.31. The lowest BCUT2D eigenvalue weighted by atomic mass is 10.2. The molecule has 0 aliphatic carbocycles. The number of benzene rings is 2. The van der Waals surface area contributed by atoms with Gasteiger partial charge in [-0.25, -0.2) is 9.67 Å². The number of hydrogen-bond donors (Lipinski definition) is 1. The van der Waals surface area contributed by atoms with E-state index in [1.807, 2.05) is 47.2 Å². The zero-order valence-electron chi connectivity index (χ0n) is 16.2. The van der Waals surface area contributed by atoms with E-state index in [9.17, 15) is 4.79 Å². The molecule has 2 aromatic heterocycles. The lowest BCUT2D eigenvalue weighted by Gasteiger charge is -2.16. The van der Waals surface area contributed by atoms with Crippen LogP contribution in [0.1, 0.15) is 27.9 Å². The minimum absolute atomic E-state index is 0.0584. The van der Waals surface area contributed by atoms with Gasteiger partial charge in [-0.3, -0.25) is 4.79 Å². The molecule has 1 N–H and O–H groups in total. The molecule has 3 heterocycles. The average Bonchev–Trinajstić information content (AvgIpc) is 3.41. The quantitative estimate of drug-likeness (QED) is 0.500. The van der Waals surface area contributed by atoms with Gasteiger partial charge in [-0.05, 0) is 36.4 Å². The van der Waals surface area contributed by atoms with Crippen molar-refractivity contribution in [3.8, 4) is 11.4 Å². The van der Waals surface area contributed by atoms with Crippen LogP contribution in [-0.4, -0.2) is 31.8 Å². The van der Waals surface area contributed by atoms with Gasteiger partial charge in [0, 0.05) is 27.5 Å². The summed E-state index contributed by atoms with van der Waals surface area (Å²) in [5.41, 5.74) is 2.56. The van der Waals surface area contributed by atoms with E-state index in [1.54, 1.807) is 18.2 Å². The van der Waals surface area contributed by atoms with Gasteiger partial charge in [0.25, 0.3) is 5.91 Å². The van der Waals surface area contributed by atoms with Crippen LogP contribution in [0, 0.1) is 0 Å². The predicted molar refractivity (Wildman–Crippen MR) is 117 cm³/mol. The van der Waals surface area contributed by atoms with Crippen LogP contribution in [-0.2, 0) is 6.54 Å². The number of aromatic nitrogens is 4. The average molecular weight is 454 g/mol. The third kappa shape index (κ3) is 3.78. The van der Waals surface area contributed by atoms with Crippen molar-refractivity contribution in [2.45, 2.75) is 12.6 Å². The smallest absolute Gasteiger partial charge is 0.291 e. The summed E-state index contributed by atoms with van der Waals surface area (Å²) in [5, 5.41) is 8.33. The standard InChI is InChI=1S/C22H17Cl2N5O2/c23-15-5-3-6-16(24)14(15)11-28-13-25-21(27-28)22(30)26-17-12-31-20-9-2-1-7-19(20)29-10-4-8-18(17)29/h1-10,13,17H,11-12H2,(H,26,30). The molecule has 156 valence electrons. The fraction of sp³-hybridized carbons (Fsp3) is 0.136. The van der Waals surface area contributed by atoms with Gasteiger partial charge in [-0.2, -0.15) is 0 Å². The van der Waals surface area contributed by atoms with Gasteiger partial charge in [0.15, 0.2) is 0 Å². The number of nitrogens with zero attached hydrogens (tertiary/aromatic N) is 4.